The molecule has 3 atom stereocenters. The number of amides is 1. The van der Waals surface area contributed by atoms with Crippen molar-refractivity contribution in [2.75, 3.05) is 33.9 Å². The third-order valence-electron chi connectivity index (χ3n) is 5.37. The van der Waals surface area contributed by atoms with Crippen molar-refractivity contribution in [3.05, 3.63) is 41.1 Å². The molecule has 0 saturated heterocycles. The van der Waals surface area contributed by atoms with Gasteiger partial charge in [-0.25, -0.2) is 0 Å². The van der Waals surface area contributed by atoms with Gasteiger partial charge in [0.25, 0.3) is 0 Å². The molecule has 7 nitrogen and oxygen atoms in total. The van der Waals surface area contributed by atoms with E-state index in [1.807, 2.05) is 45.2 Å². The summed E-state index contributed by atoms with van der Waals surface area (Å²) in [6.07, 6.45) is 2.47. The molecular formula is C23H35N3O4. The van der Waals surface area contributed by atoms with Gasteiger partial charge in [0.2, 0.25) is 5.91 Å². The van der Waals surface area contributed by atoms with E-state index in [2.05, 4.69) is 10.6 Å². The Labute approximate surface area is 179 Å². The normalized spacial score (nSPS) is 26.2. The summed E-state index contributed by atoms with van der Waals surface area (Å²) in [5.41, 5.74) is 2.06. The third kappa shape index (κ3) is 5.83. The van der Waals surface area contributed by atoms with Crippen molar-refractivity contribution in [2.45, 2.75) is 51.7 Å². The van der Waals surface area contributed by atoms with Crippen LogP contribution in [-0.4, -0.2) is 63.1 Å². The van der Waals surface area contributed by atoms with E-state index in [0.717, 1.165) is 30.4 Å². The van der Waals surface area contributed by atoms with E-state index in [-0.39, 0.29) is 18.0 Å². The zero-order valence-corrected chi connectivity index (χ0v) is 18.7. The number of ether oxygens (including phenoxy) is 2. The average Bonchev–Trinajstić information content (AvgIpc) is 2.72. The van der Waals surface area contributed by atoms with E-state index in [9.17, 15) is 9.59 Å². The molecule has 2 rings (SSSR count). The summed E-state index contributed by atoms with van der Waals surface area (Å²) in [4.78, 5) is 27.2. The van der Waals surface area contributed by atoms with Gasteiger partial charge in [-0.1, -0.05) is 18.2 Å². The molecule has 3 unspecified atom stereocenters. The van der Waals surface area contributed by atoms with Gasteiger partial charge in [0.05, 0.1) is 19.8 Å². The molecule has 0 bridgehead atoms. The summed E-state index contributed by atoms with van der Waals surface area (Å²) < 4.78 is 11.4. The van der Waals surface area contributed by atoms with Crippen LogP contribution in [0.15, 0.2) is 35.5 Å². The maximum Gasteiger partial charge on any atom is 0.220 e. The minimum absolute atomic E-state index is 0.0178. The molecule has 1 heterocycles. The number of nitrogens with zero attached hydrogens (tertiary/aromatic N) is 1. The molecule has 0 saturated carbocycles. The molecular weight excluding hydrogens is 382 g/mol. The second-order valence-electron chi connectivity index (χ2n) is 7.76. The monoisotopic (exact) mass is 417 g/mol. The van der Waals surface area contributed by atoms with Gasteiger partial charge in [-0.3, -0.25) is 9.59 Å². The first-order valence-electron chi connectivity index (χ1n) is 10.5. The molecule has 1 aromatic rings. The smallest absolute Gasteiger partial charge is 0.220 e. The van der Waals surface area contributed by atoms with Gasteiger partial charge in [0, 0.05) is 49.0 Å². The molecule has 2 N–H and O–H groups in total. The predicted molar refractivity (Wildman–Crippen MR) is 117 cm³/mol. The maximum absolute atomic E-state index is 12.9. The van der Waals surface area contributed by atoms with Crippen LogP contribution in [0.3, 0.4) is 0 Å². The number of hydrogen-bond acceptors (Lipinski definition) is 6. The van der Waals surface area contributed by atoms with Gasteiger partial charge in [0.15, 0.2) is 0 Å². The standard InChI is InChI=1S/C23H35N3O4/c1-16-15-30-12-8-9-17(2)26(18(3)28)23(19-10-6-7-11-22(19)29-5)20(14-27)21(25-16)13-24-4/h6-7,10-11,14,16-17,23-25H,8-9,12-13,15H2,1-5H3/b21-20-. The second kappa shape index (κ2) is 11.7. The predicted octanol–water partition coefficient (Wildman–Crippen LogP) is 2.43. The molecule has 30 heavy (non-hydrogen) atoms. The summed E-state index contributed by atoms with van der Waals surface area (Å²) in [5, 5.41) is 6.57. The summed E-state index contributed by atoms with van der Waals surface area (Å²) in [6.45, 7) is 7.23. The van der Waals surface area contributed by atoms with Crippen molar-refractivity contribution in [3.63, 3.8) is 0 Å². The van der Waals surface area contributed by atoms with E-state index < -0.39 is 6.04 Å². The van der Waals surface area contributed by atoms with Gasteiger partial charge >= 0.3 is 0 Å². The van der Waals surface area contributed by atoms with E-state index in [0.29, 0.717) is 31.1 Å². The molecule has 1 aliphatic rings. The summed E-state index contributed by atoms with van der Waals surface area (Å²) in [7, 11) is 3.43. The molecule has 0 fully saturated rings. The van der Waals surface area contributed by atoms with Crippen LogP contribution in [0.5, 0.6) is 5.75 Å². The minimum atomic E-state index is -0.561. The van der Waals surface area contributed by atoms with Crippen LogP contribution in [0.1, 0.15) is 45.2 Å². The van der Waals surface area contributed by atoms with Crippen LogP contribution in [0.4, 0.5) is 0 Å². The second-order valence-corrected chi connectivity index (χ2v) is 7.76. The number of para-hydroxylation sites is 1. The number of methoxy groups -OCH3 is 1. The van der Waals surface area contributed by atoms with Crippen molar-refractivity contribution in [1.29, 1.82) is 0 Å². The van der Waals surface area contributed by atoms with Gasteiger partial charge in [-0.2, -0.15) is 0 Å². The van der Waals surface area contributed by atoms with Crippen LogP contribution in [0.2, 0.25) is 0 Å². The first-order chi connectivity index (χ1) is 14.4. The molecule has 0 spiro atoms. The highest BCUT2D eigenvalue weighted by atomic mass is 16.5. The van der Waals surface area contributed by atoms with Crippen LogP contribution in [-0.2, 0) is 14.3 Å². The minimum Gasteiger partial charge on any atom is -0.496 e. The number of hydrogen-bond donors (Lipinski definition) is 2. The molecule has 0 aliphatic carbocycles. The zero-order chi connectivity index (χ0) is 22.1. The van der Waals surface area contributed by atoms with Crippen LogP contribution < -0.4 is 15.4 Å². The highest BCUT2D eigenvalue weighted by molar-refractivity contribution is 5.82. The first-order valence-corrected chi connectivity index (χ1v) is 10.5. The lowest BCUT2D eigenvalue weighted by molar-refractivity contribution is -0.133. The number of benzene rings is 1. The molecule has 1 amide bonds. The van der Waals surface area contributed by atoms with Crippen molar-refractivity contribution in [1.82, 2.24) is 15.5 Å². The number of carbonyl (C=O) groups is 2. The fraction of sp³-hybridized carbons (Fsp3) is 0.565. The molecule has 0 aromatic heterocycles. The molecule has 166 valence electrons. The Kier molecular flexibility index (Phi) is 9.33. The number of nitrogens with one attached hydrogen (secondary N) is 2. The summed E-state index contributed by atoms with van der Waals surface area (Å²) in [6, 6.07) is 6.95. The van der Waals surface area contributed by atoms with Gasteiger partial charge in [-0.05, 0) is 39.8 Å². The molecule has 1 aliphatic heterocycles. The van der Waals surface area contributed by atoms with Gasteiger partial charge < -0.3 is 25.0 Å². The largest absolute Gasteiger partial charge is 0.496 e. The highest BCUT2D eigenvalue weighted by Gasteiger charge is 2.34. The Bertz CT molecular complexity index is 750. The zero-order valence-electron chi connectivity index (χ0n) is 18.7. The molecule has 1 aromatic carbocycles. The van der Waals surface area contributed by atoms with Crippen LogP contribution >= 0.6 is 0 Å². The highest BCUT2D eigenvalue weighted by Crippen LogP contribution is 2.37. The van der Waals surface area contributed by atoms with Gasteiger partial charge in [0.1, 0.15) is 12.0 Å². The Balaban J connectivity index is 2.76. The van der Waals surface area contributed by atoms with E-state index in [4.69, 9.17) is 9.47 Å². The number of aldehydes is 1. The van der Waals surface area contributed by atoms with E-state index >= 15 is 0 Å². The fourth-order valence-corrected chi connectivity index (χ4v) is 4.04. The Hall–Kier alpha value is -2.38. The number of likely N-dealkylation sites (N-methyl/N-ethyl adjacent to an activating group) is 1. The van der Waals surface area contributed by atoms with Crippen molar-refractivity contribution < 1.29 is 19.1 Å². The Morgan fingerprint density at radius 3 is 2.73 bits per heavy atom. The lowest BCUT2D eigenvalue weighted by Gasteiger charge is -2.38. The van der Waals surface area contributed by atoms with Crippen molar-refractivity contribution >= 4 is 12.2 Å². The average molecular weight is 418 g/mol. The van der Waals surface area contributed by atoms with Gasteiger partial charge in [-0.15, -0.1) is 0 Å². The number of carbonyl (C=O) groups excluding carboxylic acids is 2. The molecule has 0 radical (unpaired) electrons. The lowest BCUT2D eigenvalue weighted by Crippen LogP contribution is -2.44. The molecule has 7 heteroatoms. The topological polar surface area (TPSA) is 79.9 Å². The third-order valence-corrected chi connectivity index (χ3v) is 5.37. The fourth-order valence-electron chi connectivity index (χ4n) is 4.04. The lowest BCUT2D eigenvalue weighted by atomic mass is 9.92. The number of rotatable bonds is 5. The van der Waals surface area contributed by atoms with E-state index in [1.54, 1.807) is 18.9 Å². The Morgan fingerprint density at radius 1 is 1.37 bits per heavy atom. The Morgan fingerprint density at radius 2 is 2.10 bits per heavy atom. The van der Waals surface area contributed by atoms with E-state index in [1.165, 1.54) is 0 Å². The van der Waals surface area contributed by atoms with Crippen LogP contribution in [0, 0.1) is 0 Å². The first kappa shape index (κ1) is 23.9. The SMILES string of the molecule is CNC/C1=C(\C=O)C(c2ccccc2OC)N(C(C)=O)C(C)CCCOCC(C)N1. The van der Waals surface area contributed by atoms with Crippen LogP contribution in [0.25, 0.3) is 0 Å². The van der Waals surface area contributed by atoms with Crippen molar-refractivity contribution in [3.8, 4) is 5.75 Å². The quantitative estimate of drug-likeness (QED) is 0.717. The van der Waals surface area contributed by atoms with Crippen molar-refractivity contribution in [2.24, 2.45) is 0 Å². The maximum atomic E-state index is 12.9. The summed E-state index contributed by atoms with van der Waals surface area (Å²) in [5.74, 6) is 0.556. The summed E-state index contributed by atoms with van der Waals surface area (Å²) >= 11 is 0.